The Labute approximate surface area is 89.7 Å². The third kappa shape index (κ3) is 6.05. The van der Waals surface area contributed by atoms with Gasteiger partial charge in [0.1, 0.15) is 0 Å². The summed E-state index contributed by atoms with van der Waals surface area (Å²) in [4.78, 5) is 0. The number of nitrogens with one attached hydrogen (secondary N) is 1. The third-order valence-electron chi connectivity index (χ3n) is 2.83. The molecule has 0 bridgehead atoms. The number of rotatable bonds is 7. The van der Waals surface area contributed by atoms with Gasteiger partial charge in [-0.1, -0.05) is 27.2 Å². The molecule has 0 aromatic carbocycles. The molecular weight excluding hydrogens is 170 g/mol. The van der Waals surface area contributed by atoms with Crippen LogP contribution < -0.4 is 5.32 Å². The Morgan fingerprint density at radius 2 is 2.00 bits per heavy atom. The van der Waals surface area contributed by atoms with Crippen molar-refractivity contribution in [3.8, 4) is 12.3 Å². The second-order valence-electron chi connectivity index (χ2n) is 4.98. The number of terminal acetylenes is 1. The zero-order chi connectivity index (χ0) is 11.0. The van der Waals surface area contributed by atoms with Gasteiger partial charge < -0.3 is 5.32 Å². The van der Waals surface area contributed by atoms with Gasteiger partial charge in [0, 0.05) is 6.42 Å². The summed E-state index contributed by atoms with van der Waals surface area (Å²) in [5.41, 5.74) is 0.335. The van der Waals surface area contributed by atoms with E-state index in [2.05, 4.69) is 32.0 Å². The Morgan fingerprint density at radius 1 is 1.36 bits per heavy atom. The van der Waals surface area contributed by atoms with Gasteiger partial charge in [0.25, 0.3) is 0 Å². The van der Waals surface area contributed by atoms with Crippen LogP contribution in [0.3, 0.4) is 0 Å². The standard InChI is InChI=1S/C13H25N/c1-6-8-13(4,10-11-14-5)9-7-12(2)3/h1,12,14H,7-11H2,2-5H3. The minimum atomic E-state index is 0.335. The summed E-state index contributed by atoms with van der Waals surface area (Å²) in [6.45, 7) is 7.92. The fourth-order valence-corrected chi connectivity index (χ4v) is 1.61. The molecule has 0 aromatic heterocycles. The van der Waals surface area contributed by atoms with Gasteiger partial charge in [0.15, 0.2) is 0 Å². The molecule has 0 heterocycles. The Kier molecular flexibility index (Phi) is 6.66. The molecule has 0 amide bonds. The van der Waals surface area contributed by atoms with Crippen LogP contribution in [0.4, 0.5) is 0 Å². The maximum atomic E-state index is 5.42. The van der Waals surface area contributed by atoms with Crippen molar-refractivity contribution in [1.29, 1.82) is 0 Å². The molecule has 1 nitrogen and oxygen atoms in total. The Balaban J connectivity index is 4.03. The lowest BCUT2D eigenvalue weighted by atomic mass is 9.78. The topological polar surface area (TPSA) is 12.0 Å². The molecule has 1 atom stereocenters. The average molecular weight is 195 g/mol. The van der Waals surface area contributed by atoms with E-state index in [9.17, 15) is 0 Å². The summed E-state index contributed by atoms with van der Waals surface area (Å²) >= 11 is 0. The van der Waals surface area contributed by atoms with Gasteiger partial charge in [-0.15, -0.1) is 12.3 Å². The van der Waals surface area contributed by atoms with E-state index in [1.165, 1.54) is 19.3 Å². The average Bonchev–Trinajstić information content (AvgIpc) is 2.13. The molecule has 14 heavy (non-hydrogen) atoms. The van der Waals surface area contributed by atoms with E-state index in [0.29, 0.717) is 5.41 Å². The van der Waals surface area contributed by atoms with Crippen LogP contribution in [-0.2, 0) is 0 Å². The molecule has 0 saturated carbocycles. The van der Waals surface area contributed by atoms with Crippen LogP contribution in [0.2, 0.25) is 0 Å². The van der Waals surface area contributed by atoms with E-state index >= 15 is 0 Å². The predicted molar refractivity (Wildman–Crippen MR) is 64.2 cm³/mol. The zero-order valence-corrected chi connectivity index (χ0v) is 10.2. The fourth-order valence-electron chi connectivity index (χ4n) is 1.61. The zero-order valence-electron chi connectivity index (χ0n) is 10.2. The lowest BCUT2D eigenvalue weighted by molar-refractivity contribution is 0.256. The van der Waals surface area contributed by atoms with Crippen molar-refractivity contribution >= 4 is 0 Å². The molecule has 82 valence electrons. The van der Waals surface area contributed by atoms with E-state index in [1.807, 2.05) is 7.05 Å². The van der Waals surface area contributed by atoms with E-state index in [-0.39, 0.29) is 0 Å². The van der Waals surface area contributed by atoms with Crippen LogP contribution in [0.15, 0.2) is 0 Å². The molecule has 0 saturated heterocycles. The minimum Gasteiger partial charge on any atom is -0.320 e. The van der Waals surface area contributed by atoms with E-state index in [1.54, 1.807) is 0 Å². The van der Waals surface area contributed by atoms with E-state index < -0.39 is 0 Å². The maximum absolute atomic E-state index is 5.42. The number of hydrogen-bond acceptors (Lipinski definition) is 1. The van der Waals surface area contributed by atoms with Crippen molar-refractivity contribution in [3.63, 3.8) is 0 Å². The summed E-state index contributed by atoms with van der Waals surface area (Å²) in [5.74, 6) is 3.59. The molecular formula is C13H25N. The van der Waals surface area contributed by atoms with Crippen molar-refractivity contribution in [2.24, 2.45) is 11.3 Å². The van der Waals surface area contributed by atoms with Gasteiger partial charge in [0.05, 0.1) is 0 Å². The summed E-state index contributed by atoms with van der Waals surface area (Å²) in [6.07, 6.45) is 10.0. The second-order valence-corrected chi connectivity index (χ2v) is 4.98. The van der Waals surface area contributed by atoms with Crippen molar-refractivity contribution in [1.82, 2.24) is 5.32 Å². The van der Waals surface area contributed by atoms with Crippen molar-refractivity contribution in [2.75, 3.05) is 13.6 Å². The smallest absolute Gasteiger partial charge is 0.0140 e. The van der Waals surface area contributed by atoms with Crippen LogP contribution in [-0.4, -0.2) is 13.6 Å². The molecule has 1 N–H and O–H groups in total. The minimum absolute atomic E-state index is 0.335. The van der Waals surface area contributed by atoms with Gasteiger partial charge in [0.2, 0.25) is 0 Å². The van der Waals surface area contributed by atoms with Crippen molar-refractivity contribution in [2.45, 2.75) is 46.5 Å². The summed E-state index contributed by atoms with van der Waals surface area (Å²) in [6, 6.07) is 0. The molecule has 0 aliphatic heterocycles. The third-order valence-corrected chi connectivity index (χ3v) is 2.83. The Bertz CT molecular complexity index is 178. The molecule has 0 spiro atoms. The first-order valence-electron chi connectivity index (χ1n) is 5.62. The highest BCUT2D eigenvalue weighted by Crippen LogP contribution is 2.32. The molecule has 1 unspecified atom stereocenters. The largest absolute Gasteiger partial charge is 0.320 e. The van der Waals surface area contributed by atoms with Crippen molar-refractivity contribution < 1.29 is 0 Å². The lowest BCUT2D eigenvalue weighted by Gasteiger charge is -2.28. The van der Waals surface area contributed by atoms with Crippen LogP contribution in [0.5, 0.6) is 0 Å². The highest BCUT2D eigenvalue weighted by atomic mass is 14.8. The van der Waals surface area contributed by atoms with Gasteiger partial charge in [-0.05, 0) is 37.8 Å². The van der Waals surface area contributed by atoms with Gasteiger partial charge in [-0.3, -0.25) is 0 Å². The summed E-state index contributed by atoms with van der Waals surface area (Å²) in [5, 5.41) is 3.20. The molecule has 0 aromatic rings. The summed E-state index contributed by atoms with van der Waals surface area (Å²) in [7, 11) is 2.00. The lowest BCUT2D eigenvalue weighted by Crippen LogP contribution is -2.22. The first-order valence-corrected chi connectivity index (χ1v) is 5.62. The Morgan fingerprint density at radius 3 is 2.43 bits per heavy atom. The van der Waals surface area contributed by atoms with Crippen LogP contribution >= 0.6 is 0 Å². The second kappa shape index (κ2) is 6.90. The summed E-state index contributed by atoms with van der Waals surface area (Å²) < 4.78 is 0. The maximum Gasteiger partial charge on any atom is 0.0140 e. The predicted octanol–water partition coefficient (Wildman–Crippen LogP) is 3.06. The van der Waals surface area contributed by atoms with Gasteiger partial charge in [-0.2, -0.15) is 0 Å². The molecule has 0 fully saturated rings. The molecule has 0 aliphatic rings. The molecule has 0 aliphatic carbocycles. The van der Waals surface area contributed by atoms with Gasteiger partial charge in [-0.25, -0.2) is 0 Å². The van der Waals surface area contributed by atoms with Crippen molar-refractivity contribution in [3.05, 3.63) is 0 Å². The quantitative estimate of drug-likeness (QED) is 0.616. The normalized spacial score (nSPS) is 15.1. The SMILES string of the molecule is C#CCC(C)(CCNC)CCC(C)C. The van der Waals surface area contributed by atoms with Crippen LogP contribution in [0, 0.1) is 23.7 Å². The fraction of sp³-hybridized carbons (Fsp3) is 0.846. The number of hydrogen-bond donors (Lipinski definition) is 1. The van der Waals surface area contributed by atoms with Gasteiger partial charge >= 0.3 is 0 Å². The molecule has 1 heteroatoms. The Hall–Kier alpha value is -0.480. The first-order chi connectivity index (χ1) is 6.54. The monoisotopic (exact) mass is 195 g/mol. The van der Waals surface area contributed by atoms with Crippen LogP contribution in [0.1, 0.15) is 46.5 Å². The first kappa shape index (κ1) is 13.5. The highest BCUT2D eigenvalue weighted by molar-refractivity contribution is 4.93. The van der Waals surface area contributed by atoms with Crippen LogP contribution in [0.25, 0.3) is 0 Å². The molecule has 0 radical (unpaired) electrons. The van der Waals surface area contributed by atoms with E-state index in [4.69, 9.17) is 6.42 Å². The van der Waals surface area contributed by atoms with E-state index in [0.717, 1.165) is 18.9 Å². The molecule has 0 rings (SSSR count). The highest BCUT2D eigenvalue weighted by Gasteiger charge is 2.22.